The summed E-state index contributed by atoms with van der Waals surface area (Å²) in [5, 5.41) is 0. The molecule has 0 atom stereocenters. The fraction of sp³-hybridized carbons (Fsp3) is 0.0909. The Balaban J connectivity index is 2.34. The van der Waals surface area contributed by atoms with Crippen LogP contribution in [-0.2, 0) is 0 Å². The van der Waals surface area contributed by atoms with Crippen molar-refractivity contribution < 1.29 is 13.5 Å². The van der Waals surface area contributed by atoms with E-state index in [4.69, 9.17) is 4.74 Å². The molecule has 0 bridgehead atoms. The maximum absolute atomic E-state index is 12.9. The van der Waals surface area contributed by atoms with Crippen LogP contribution in [0.2, 0.25) is 0 Å². The first-order chi connectivity index (χ1) is 8.02. The van der Waals surface area contributed by atoms with E-state index in [1.165, 1.54) is 0 Å². The minimum Gasteiger partial charge on any atom is -0.439 e. The van der Waals surface area contributed by atoms with Crippen molar-refractivity contribution in [3.63, 3.8) is 0 Å². The molecule has 0 saturated heterocycles. The molecule has 0 aliphatic rings. The first kappa shape index (κ1) is 11.3. The van der Waals surface area contributed by atoms with Gasteiger partial charge in [-0.05, 0) is 6.92 Å². The molecule has 0 spiro atoms. The SMILES string of the molecule is Cc1nc(Oc2cc(F)cc(F)c2)cc(=O)[nH]1. The Morgan fingerprint density at radius 2 is 1.82 bits per heavy atom. The van der Waals surface area contributed by atoms with Gasteiger partial charge in [-0.3, -0.25) is 4.79 Å². The first-order valence-corrected chi connectivity index (χ1v) is 4.75. The van der Waals surface area contributed by atoms with E-state index in [2.05, 4.69) is 9.97 Å². The molecule has 1 aromatic heterocycles. The number of rotatable bonds is 2. The van der Waals surface area contributed by atoms with Gasteiger partial charge in [-0.1, -0.05) is 0 Å². The molecule has 1 aromatic carbocycles. The number of hydrogen-bond acceptors (Lipinski definition) is 3. The molecule has 88 valence electrons. The largest absolute Gasteiger partial charge is 0.439 e. The molecule has 0 radical (unpaired) electrons. The highest BCUT2D eigenvalue weighted by Crippen LogP contribution is 2.20. The highest BCUT2D eigenvalue weighted by molar-refractivity contribution is 5.27. The fourth-order valence-corrected chi connectivity index (χ4v) is 1.31. The zero-order chi connectivity index (χ0) is 12.4. The molecule has 4 nitrogen and oxygen atoms in total. The van der Waals surface area contributed by atoms with Gasteiger partial charge >= 0.3 is 0 Å². The third-order valence-electron chi connectivity index (χ3n) is 1.90. The van der Waals surface area contributed by atoms with Crippen molar-refractivity contribution in [1.82, 2.24) is 9.97 Å². The van der Waals surface area contributed by atoms with Crippen LogP contribution in [0, 0.1) is 18.6 Å². The minimum atomic E-state index is -0.762. The van der Waals surface area contributed by atoms with Crippen LogP contribution in [-0.4, -0.2) is 9.97 Å². The van der Waals surface area contributed by atoms with Gasteiger partial charge in [0.05, 0.1) is 6.07 Å². The molecular formula is C11H8F2N2O2. The van der Waals surface area contributed by atoms with E-state index in [0.717, 1.165) is 24.3 Å². The lowest BCUT2D eigenvalue weighted by Crippen LogP contribution is -2.08. The Labute approximate surface area is 94.9 Å². The fourth-order valence-electron chi connectivity index (χ4n) is 1.31. The standard InChI is InChI=1S/C11H8F2N2O2/c1-6-14-10(16)5-11(15-6)17-9-3-7(12)2-8(13)4-9/h2-5H,1H3,(H,14,15,16). The molecule has 0 amide bonds. The number of aryl methyl sites for hydroxylation is 1. The lowest BCUT2D eigenvalue weighted by molar-refractivity contribution is 0.448. The molecule has 2 rings (SSSR count). The molecule has 17 heavy (non-hydrogen) atoms. The molecule has 0 fully saturated rings. The van der Waals surface area contributed by atoms with Gasteiger partial charge in [-0.15, -0.1) is 0 Å². The molecule has 2 aromatic rings. The van der Waals surface area contributed by atoms with Crippen LogP contribution in [0.3, 0.4) is 0 Å². The van der Waals surface area contributed by atoms with Gasteiger partial charge in [-0.25, -0.2) is 13.8 Å². The first-order valence-electron chi connectivity index (χ1n) is 4.75. The summed E-state index contributed by atoms with van der Waals surface area (Å²) in [6.45, 7) is 1.57. The quantitative estimate of drug-likeness (QED) is 0.872. The van der Waals surface area contributed by atoms with Crippen molar-refractivity contribution >= 4 is 0 Å². The number of benzene rings is 1. The summed E-state index contributed by atoms with van der Waals surface area (Å²) >= 11 is 0. The summed E-state index contributed by atoms with van der Waals surface area (Å²) in [4.78, 5) is 17.4. The second-order valence-electron chi connectivity index (χ2n) is 3.38. The number of aromatic nitrogens is 2. The zero-order valence-electron chi connectivity index (χ0n) is 8.83. The van der Waals surface area contributed by atoms with Crippen molar-refractivity contribution in [2.45, 2.75) is 6.92 Å². The second-order valence-corrected chi connectivity index (χ2v) is 3.38. The summed E-state index contributed by atoms with van der Waals surface area (Å²) in [6.07, 6.45) is 0. The predicted octanol–water partition coefficient (Wildman–Crippen LogP) is 2.15. The van der Waals surface area contributed by atoms with E-state index in [1.54, 1.807) is 6.92 Å². The van der Waals surface area contributed by atoms with Crippen molar-refractivity contribution in [3.8, 4) is 11.6 Å². The average molecular weight is 238 g/mol. The molecular weight excluding hydrogens is 230 g/mol. The van der Waals surface area contributed by atoms with Gasteiger partial charge in [0.25, 0.3) is 5.56 Å². The van der Waals surface area contributed by atoms with Gasteiger partial charge < -0.3 is 9.72 Å². The highest BCUT2D eigenvalue weighted by atomic mass is 19.1. The lowest BCUT2D eigenvalue weighted by Gasteiger charge is -2.05. The van der Waals surface area contributed by atoms with Gasteiger partial charge in [0.15, 0.2) is 0 Å². The van der Waals surface area contributed by atoms with E-state index >= 15 is 0 Å². The van der Waals surface area contributed by atoms with Crippen LogP contribution in [0.25, 0.3) is 0 Å². The second kappa shape index (κ2) is 4.32. The Hall–Kier alpha value is -2.24. The van der Waals surface area contributed by atoms with Gasteiger partial charge in [0, 0.05) is 18.2 Å². The maximum atomic E-state index is 12.9. The minimum absolute atomic E-state index is 0.0174. The molecule has 0 saturated carbocycles. The van der Waals surface area contributed by atoms with E-state index in [-0.39, 0.29) is 11.6 Å². The van der Waals surface area contributed by atoms with Gasteiger partial charge in [0.2, 0.25) is 5.88 Å². The highest BCUT2D eigenvalue weighted by Gasteiger charge is 2.05. The molecule has 1 N–H and O–H groups in total. The monoisotopic (exact) mass is 238 g/mol. The van der Waals surface area contributed by atoms with Crippen LogP contribution in [0.15, 0.2) is 29.1 Å². The number of hydrogen-bond donors (Lipinski definition) is 1. The van der Waals surface area contributed by atoms with Crippen molar-refractivity contribution in [2.75, 3.05) is 0 Å². The third kappa shape index (κ3) is 2.87. The topological polar surface area (TPSA) is 55.0 Å². The van der Waals surface area contributed by atoms with Crippen LogP contribution in [0.1, 0.15) is 5.82 Å². The Morgan fingerprint density at radius 3 is 2.41 bits per heavy atom. The molecule has 0 aliphatic carbocycles. The van der Waals surface area contributed by atoms with Crippen LogP contribution >= 0.6 is 0 Å². The number of ether oxygens (including phenoxy) is 1. The summed E-state index contributed by atoms with van der Waals surface area (Å²) < 4.78 is 30.9. The molecule has 1 heterocycles. The zero-order valence-corrected chi connectivity index (χ0v) is 8.83. The van der Waals surface area contributed by atoms with Crippen LogP contribution in [0.4, 0.5) is 8.78 Å². The Bertz CT molecular complexity index is 590. The summed E-state index contributed by atoms with van der Waals surface area (Å²) in [5.41, 5.74) is -0.399. The van der Waals surface area contributed by atoms with Crippen molar-refractivity contribution in [1.29, 1.82) is 0 Å². The lowest BCUT2D eigenvalue weighted by atomic mass is 10.3. The molecule has 0 aliphatic heterocycles. The van der Waals surface area contributed by atoms with Crippen molar-refractivity contribution in [3.05, 3.63) is 52.1 Å². The number of aromatic amines is 1. The van der Waals surface area contributed by atoms with E-state index in [0.29, 0.717) is 5.82 Å². The number of halogens is 2. The smallest absolute Gasteiger partial charge is 0.254 e. The van der Waals surface area contributed by atoms with Crippen LogP contribution in [0.5, 0.6) is 11.6 Å². The van der Waals surface area contributed by atoms with Gasteiger partial charge in [-0.2, -0.15) is 0 Å². The van der Waals surface area contributed by atoms with E-state index in [1.807, 2.05) is 0 Å². The van der Waals surface area contributed by atoms with E-state index < -0.39 is 17.2 Å². The summed E-state index contributed by atoms with van der Waals surface area (Å²) in [6, 6.07) is 3.82. The van der Waals surface area contributed by atoms with E-state index in [9.17, 15) is 13.6 Å². The number of H-pyrrole nitrogens is 1. The maximum Gasteiger partial charge on any atom is 0.254 e. The normalized spacial score (nSPS) is 10.3. The molecule has 6 heteroatoms. The molecule has 0 unspecified atom stereocenters. The third-order valence-corrected chi connectivity index (χ3v) is 1.90. The van der Waals surface area contributed by atoms with Crippen molar-refractivity contribution in [2.24, 2.45) is 0 Å². The van der Waals surface area contributed by atoms with Crippen LogP contribution < -0.4 is 10.3 Å². The number of nitrogens with one attached hydrogen (secondary N) is 1. The Kier molecular flexibility index (Phi) is 2.86. The predicted molar refractivity (Wildman–Crippen MR) is 56.0 cm³/mol. The summed E-state index contributed by atoms with van der Waals surface area (Å²) in [7, 11) is 0. The average Bonchev–Trinajstić information content (AvgIpc) is 2.13. The summed E-state index contributed by atoms with van der Waals surface area (Å²) in [5.74, 6) is -1.25. The number of nitrogens with zero attached hydrogens (tertiary/aromatic N) is 1. The Morgan fingerprint density at radius 1 is 1.18 bits per heavy atom. The van der Waals surface area contributed by atoms with Gasteiger partial charge in [0.1, 0.15) is 23.2 Å².